The molecule has 1 fully saturated rings. The number of tetrazole rings is 1. The van der Waals surface area contributed by atoms with E-state index in [4.69, 9.17) is 0 Å². The van der Waals surface area contributed by atoms with Crippen molar-refractivity contribution >= 4 is 11.9 Å². The summed E-state index contributed by atoms with van der Waals surface area (Å²) in [5.41, 5.74) is 1.21. The maximum Gasteiger partial charge on any atom is 0.269 e. The van der Waals surface area contributed by atoms with Crippen LogP contribution in [0, 0.1) is 5.92 Å². The molecular weight excluding hydrogens is 218 g/mol. The first-order valence-electron chi connectivity index (χ1n) is 5.44. The highest BCUT2D eigenvalue weighted by Crippen LogP contribution is 2.47. The summed E-state index contributed by atoms with van der Waals surface area (Å²) in [5, 5.41) is 15.7. The van der Waals surface area contributed by atoms with Crippen molar-refractivity contribution in [3.63, 3.8) is 0 Å². The summed E-state index contributed by atoms with van der Waals surface area (Å²) in [7, 11) is 0. The topological polar surface area (TPSA) is 83.6 Å². The molecule has 1 aromatic carbocycles. The Morgan fingerprint density at radius 1 is 1.35 bits per heavy atom. The fourth-order valence-corrected chi connectivity index (χ4v) is 1.97. The van der Waals surface area contributed by atoms with Gasteiger partial charge in [-0.15, -0.1) is 5.10 Å². The highest BCUT2D eigenvalue weighted by atomic mass is 16.2. The second kappa shape index (κ2) is 3.97. The smallest absolute Gasteiger partial charge is 0.269 e. The molecule has 2 aromatic rings. The van der Waals surface area contributed by atoms with Gasteiger partial charge in [0.1, 0.15) is 0 Å². The minimum atomic E-state index is -0.0414. The quantitative estimate of drug-likeness (QED) is 0.820. The van der Waals surface area contributed by atoms with Gasteiger partial charge >= 0.3 is 0 Å². The predicted octanol–water partition coefficient (Wildman–Crippen LogP) is 0.942. The van der Waals surface area contributed by atoms with Crippen LogP contribution in [0.4, 0.5) is 5.95 Å². The Morgan fingerprint density at radius 2 is 2.18 bits per heavy atom. The van der Waals surface area contributed by atoms with Gasteiger partial charge in [0.25, 0.3) is 5.95 Å². The van der Waals surface area contributed by atoms with Crippen LogP contribution in [0.2, 0.25) is 0 Å². The van der Waals surface area contributed by atoms with Gasteiger partial charge in [0.2, 0.25) is 5.91 Å². The normalized spacial score (nSPS) is 22.1. The zero-order chi connectivity index (χ0) is 11.7. The van der Waals surface area contributed by atoms with Crippen molar-refractivity contribution in [1.82, 2.24) is 20.6 Å². The first kappa shape index (κ1) is 9.95. The van der Waals surface area contributed by atoms with Crippen molar-refractivity contribution < 1.29 is 4.79 Å². The van der Waals surface area contributed by atoms with Crippen molar-refractivity contribution in [2.45, 2.75) is 12.3 Å². The van der Waals surface area contributed by atoms with E-state index in [-0.39, 0.29) is 17.8 Å². The number of hydrogen-bond acceptors (Lipinski definition) is 4. The third kappa shape index (κ3) is 2.01. The van der Waals surface area contributed by atoms with E-state index < -0.39 is 0 Å². The molecule has 0 radical (unpaired) electrons. The molecule has 17 heavy (non-hydrogen) atoms. The van der Waals surface area contributed by atoms with Gasteiger partial charge in [-0.2, -0.15) is 5.21 Å². The van der Waals surface area contributed by atoms with E-state index in [0.29, 0.717) is 5.92 Å². The fraction of sp³-hybridized carbons (Fsp3) is 0.273. The van der Waals surface area contributed by atoms with E-state index in [2.05, 4.69) is 25.9 Å². The molecule has 2 N–H and O–H groups in total. The lowest BCUT2D eigenvalue weighted by Crippen LogP contribution is -2.15. The molecule has 2 atom stereocenters. The Balaban J connectivity index is 1.63. The number of H-pyrrole nitrogens is 1. The average Bonchev–Trinajstić information content (AvgIpc) is 3.02. The van der Waals surface area contributed by atoms with Crippen molar-refractivity contribution in [2.24, 2.45) is 5.92 Å². The number of nitrogens with one attached hydrogen (secondary N) is 2. The molecule has 1 heterocycles. The Kier molecular flexibility index (Phi) is 2.32. The maximum atomic E-state index is 11.8. The second-order valence-corrected chi connectivity index (χ2v) is 4.08. The molecule has 0 unspecified atom stereocenters. The van der Waals surface area contributed by atoms with Crippen LogP contribution in [-0.2, 0) is 4.79 Å². The Hall–Kier alpha value is -2.24. The number of carbonyl (C=O) groups is 1. The van der Waals surface area contributed by atoms with Crippen LogP contribution in [0.5, 0.6) is 0 Å². The molecule has 1 saturated carbocycles. The van der Waals surface area contributed by atoms with Crippen LogP contribution in [0.1, 0.15) is 17.9 Å². The Labute approximate surface area is 97.4 Å². The summed E-state index contributed by atoms with van der Waals surface area (Å²) in [5.74, 6) is 0.535. The zero-order valence-corrected chi connectivity index (χ0v) is 9.00. The highest BCUT2D eigenvalue weighted by molar-refractivity contribution is 5.93. The van der Waals surface area contributed by atoms with Crippen molar-refractivity contribution in [3.05, 3.63) is 35.9 Å². The van der Waals surface area contributed by atoms with Gasteiger partial charge in [0, 0.05) is 5.92 Å². The monoisotopic (exact) mass is 229 g/mol. The number of nitrogens with zero attached hydrogens (tertiary/aromatic N) is 3. The molecule has 1 aliphatic carbocycles. The first-order chi connectivity index (χ1) is 8.34. The van der Waals surface area contributed by atoms with Crippen molar-refractivity contribution in [1.29, 1.82) is 0 Å². The van der Waals surface area contributed by atoms with Gasteiger partial charge in [-0.1, -0.05) is 35.4 Å². The summed E-state index contributed by atoms with van der Waals surface area (Å²) >= 11 is 0. The summed E-state index contributed by atoms with van der Waals surface area (Å²) in [6, 6.07) is 10.0. The molecule has 0 bridgehead atoms. The molecular formula is C11H11N5O. The molecule has 1 aromatic heterocycles. The van der Waals surface area contributed by atoms with E-state index in [1.165, 1.54) is 5.56 Å². The van der Waals surface area contributed by atoms with Crippen LogP contribution >= 0.6 is 0 Å². The van der Waals surface area contributed by atoms with E-state index in [1.807, 2.05) is 30.3 Å². The van der Waals surface area contributed by atoms with E-state index in [1.54, 1.807) is 0 Å². The van der Waals surface area contributed by atoms with Crippen LogP contribution in [-0.4, -0.2) is 26.5 Å². The number of benzene rings is 1. The fourth-order valence-electron chi connectivity index (χ4n) is 1.97. The Morgan fingerprint density at radius 3 is 2.88 bits per heavy atom. The SMILES string of the molecule is O=C(Nc1nn[nH]n1)[C@H]1C[C@H]1c1ccccc1. The largest absolute Gasteiger partial charge is 0.292 e. The number of anilines is 1. The average molecular weight is 229 g/mol. The summed E-state index contributed by atoms with van der Waals surface area (Å²) in [6.45, 7) is 0. The lowest BCUT2D eigenvalue weighted by atomic mass is 10.1. The van der Waals surface area contributed by atoms with Gasteiger partial charge in [-0.3, -0.25) is 10.1 Å². The van der Waals surface area contributed by atoms with Crippen molar-refractivity contribution in [3.8, 4) is 0 Å². The first-order valence-corrected chi connectivity index (χ1v) is 5.44. The van der Waals surface area contributed by atoms with E-state index in [9.17, 15) is 4.79 Å². The number of carbonyl (C=O) groups excluding carboxylic acids is 1. The molecule has 0 saturated heterocycles. The summed E-state index contributed by atoms with van der Waals surface area (Å²) in [6.07, 6.45) is 0.883. The van der Waals surface area contributed by atoms with Crippen LogP contribution in [0.25, 0.3) is 0 Å². The molecule has 1 aliphatic rings. The van der Waals surface area contributed by atoms with Gasteiger partial charge in [0.15, 0.2) is 0 Å². The molecule has 86 valence electrons. The lowest BCUT2D eigenvalue weighted by molar-refractivity contribution is -0.117. The van der Waals surface area contributed by atoms with Gasteiger partial charge in [-0.05, 0) is 23.1 Å². The van der Waals surface area contributed by atoms with Gasteiger partial charge in [0.05, 0.1) is 0 Å². The van der Waals surface area contributed by atoms with Crippen LogP contribution < -0.4 is 5.32 Å². The molecule has 0 aliphatic heterocycles. The molecule has 1 amide bonds. The van der Waals surface area contributed by atoms with Crippen LogP contribution in [0.3, 0.4) is 0 Å². The standard InChI is InChI=1S/C11H11N5O/c17-10(12-11-13-15-16-14-11)9-6-8(9)7-4-2-1-3-5-7/h1-5,8-9H,6H2,(H2,12,13,14,15,16,17)/t8-,9-/m0/s1. The number of aromatic amines is 1. The summed E-state index contributed by atoms with van der Waals surface area (Å²) < 4.78 is 0. The number of rotatable bonds is 3. The minimum absolute atomic E-state index is 0.0240. The summed E-state index contributed by atoms with van der Waals surface area (Å²) in [4.78, 5) is 11.8. The molecule has 6 nitrogen and oxygen atoms in total. The van der Waals surface area contributed by atoms with Gasteiger partial charge < -0.3 is 0 Å². The van der Waals surface area contributed by atoms with Crippen LogP contribution in [0.15, 0.2) is 30.3 Å². The molecule has 6 heteroatoms. The van der Waals surface area contributed by atoms with Gasteiger partial charge in [-0.25, -0.2) is 0 Å². The van der Waals surface area contributed by atoms with E-state index >= 15 is 0 Å². The third-order valence-electron chi connectivity index (χ3n) is 2.94. The highest BCUT2D eigenvalue weighted by Gasteiger charge is 2.44. The zero-order valence-electron chi connectivity index (χ0n) is 9.00. The van der Waals surface area contributed by atoms with Crippen molar-refractivity contribution in [2.75, 3.05) is 5.32 Å². The lowest BCUT2D eigenvalue weighted by Gasteiger charge is -2.00. The number of hydrogen-bond donors (Lipinski definition) is 2. The number of amides is 1. The van der Waals surface area contributed by atoms with E-state index in [0.717, 1.165) is 6.42 Å². The number of aromatic nitrogens is 4. The minimum Gasteiger partial charge on any atom is -0.292 e. The molecule has 0 spiro atoms. The predicted molar refractivity (Wildman–Crippen MR) is 60.1 cm³/mol. The maximum absolute atomic E-state index is 11.8. The third-order valence-corrected chi connectivity index (χ3v) is 2.94. The molecule has 3 rings (SSSR count). The second-order valence-electron chi connectivity index (χ2n) is 4.08. The Bertz CT molecular complexity index is 510.